The highest BCUT2D eigenvalue weighted by atomic mass is 16.5. The first-order valence-corrected chi connectivity index (χ1v) is 5.64. The summed E-state index contributed by atoms with van der Waals surface area (Å²) in [5.41, 5.74) is 0.745. The average molecular weight is 245 g/mol. The molecule has 0 radical (unpaired) electrons. The normalized spacial score (nSPS) is 10.6. The molecule has 18 heavy (non-hydrogen) atoms. The van der Waals surface area contributed by atoms with Crippen LogP contribution in [0.5, 0.6) is 5.75 Å². The van der Waals surface area contributed by atoms with Crippen LogP contribution in [-0.2, 0) is 9.53 Å². The number of carbonyl (C=O) groups excluding carboxylic acids is 1. The molecule has 0 heterocycles. The highest BCUT2D eigenvalue weighted by Crippen LogP contribution is 2.14. The Bertz CT molecular complexity index is 469. The Morgan fingerprint density at radius 3 is 2.56 bits per heavy atom. The third-order valence-corrected chi connectivity index (χ3v) is 2.20. The Labute approximate surface area is 106 Å². The topological polar surface area (TPSA) is 59.3 Å². The smallest absolute Gasteiger partial charge is 0.348 e. The van der Waals surface area contributed by atoms with Crippen molar-refractivity contribution >= 4 is 12.0 Å². The fourth-order valence-electron chi connectivity index (χ4n) is 1.28. The summed E-state index contributed by atoms with van der Waals surface area (Å²) in [5, 5.41) is 8.91. The van der Waals surface area contributed by atoms with E-state index in [1.54, 1.807) is 31.4 Å². The second-order valence-electron chi connectivity index (χ2n) is 3.58. The van der Waals surface area contributed by atoms with Crippen LogP contribution < -0.4 is 4.74 Å². The zero-order valence-electron chi connectivity index (χ0n) is 10.5. The van der Waals surface area contributed by atoms with Crippen LogP contribution in [0.2, 0.25) is 0 Å². The molecule has 0 amide bonds. The van der Waals surface area contributed by atoms with Crippen LogP contribution in [0.3, 0.4) is 0 Å². The monoisotopic (exact) mass is 245 g/mol. The third kappa shape index (κ3) is 3.95. The van der Waals surface area contributed by atoms with E-state index in [0.717, 1.165) is 17.7 Å². The zero-order chi connectivity index (χ0) is 13.4. The summed E-state index contributed by atoms with van der Waals surface area (Å²) < 4.78 is 9.93. The van der Waals surface area contributed by atoms with Gasteiger partial charge in [-0.05, 0) is 30.2 Å². The van der Waals surface area contributed by atoms with Crippen LogP contribution in [0.1, 0.15) is 18.9 Å². The van der Waals surface area contributed by atoms with Crippen molar-refractivity contribution in [2.45, 2.75) is 13.3 Å². The number of methoxy groups -OCH3 is 1. The van der Waals surface area contributed by atoms with Crippen molar-refractivity contribution in [1.29, 1.82) is 5.26 Å². The van der Waals surface area contributed by atoms with Crippen molar-refractivity contribution in [3.63, 3.8) is 0 Å². The molecule has 0 aliphatic rings. The number of esters is 1. The van der Waals surface area contributed by atoms with E-state index in [1.165, 1.54) is 6.08 Å². The van der Waals surface area contributed by atoms with Crippen LogP contribution in [0.4, 0.5) is 0 Å². The fourth-order valence-corrected chi connectivity index (χ4v) is 1.28. The Morgan fingerprint density at radius 2 is 2.06 bits per heavy atom. The molecule has 0 aliphatic carbocycles. The fraction of sp³-hybridized carbons (Fsp3) is 0.286. The predicted octanol–water partition coefficient (Wildman–Crippen LogP) is 2.56. The second-order valence-corrected chi connectivity index (χ2v) is 3.58. The lowest BCUT2D eigenvalue weighted by Crippen LogP contribution is -2.07. The molecular formula is C14H15NO3. The summed E-state index contributed by atoms with van der Waals surface area (Å²) in [5.74, 6) is 0.134. The predicted molar refractivity (Wildman–Crippen MR) is 67.8 cm³/mol. The Hall–Kier alpha value is -2.28. The van der Waals surface area contributed by atoms with Crippen molar-refractivity contribution < 1.29 is 14.3 Å². The lowest BCUT2D eigenvalue weighted by atomic mass is 10.1. The first-order valence-electron chi connectivity index (χ1n) is 5.64. The van der Waals surface area contributed by atoms with E-state index in [1.807, 2.05) is 13.0 Å². The lowest BCUT2D eigenvalue weighted by molar-refractivity contribution is -0.138. The van der Waals surface area contributed by atoms with Crippen LogP contribution in [0.15, 0.2) is 29.8 Å². The molecule has 0 saturated heterocycles. The van der Waals surface area contributed by atoms with E-state index in [4.69, 9.17) is 14.7 Å². The molecular weight excluding hydrogens is 230 g/mol. The van der Waals surface area contributed by atoms with Gasteiger partial charge in [-0.3, -0.25) is 0 Å². The van der Waals surface area contributed by atoms with Crippen LogP contribution >= 0.6 is 0 Å². The van der Waals surface area contributed by atoms with Crippen molar-refractivity contribution in [2.75, 3.05) is 13.7 Å². The van der Waals surface area contributed by atoms with E-state index in [0.29, 0.717) is 6.61 Å². The number of rotatable bonds is 5. The molecule has 1 rings (SSSR count). The van der Waals surface area contributed by atoms with E-state index in [9.17, 15) is 4.79 Å². The van der Waals surface area contributed by atoms with Gasteiger partial charge in [0.1, 0.15) is 17.4 Å². The molecule has 0 atom stereocenters. The molecule has 4 nitrogen and oxygen atoms in total. The number of ether oxygens (including phenoxy) is 2. The summed E-state index contributed by atoms with van der Waals surface area (Å²) >= 11 is 0. The minimum absolute atomic E-state index is 0.00591. The summed E-state index contributed by atoms with van der Waals surface area (Å²) in [7, 11) is 1.58. The summed E-state index contributed by atoms with van der Waals surface area (Å²) in [4.78, 5) is 11.5. The standard InChI is InChI=1S/C14H15NO3/c1-3-8-18-14(16)12(10-15)9-11-4-6-13(17-2)7-5-11/h4-7,9H,3,8H2,1-2H3. The Kier molecular flexibility index (Phi) is 5.46. The quantitative estimate of drug-likeness (QED) is 0.454. The molecule has 94 valence electrons. The van der Waals surface area contributed by atoms with E-state index < -0.39 is 5.97 Å². The first-order chi connectivity index (χ1) is 8.71. The molecule has 0 fully saturated rings. The Balaban J connectivity index is 2.83. The van der Waals surface area contributed by atoms with Crippen molar-refractivity contribution in [3.8, 4) is 11.8 Å². The first kappa shape index (κ1) is 13.8. The van der Waals surface area contributed by atoms with Gasteiger partial charge in [0, 0.05) is 0 Å². The average Bonchev–Trinajstić information content (AvgIpc) is 2.42. The highest BCUT2D eigenvalue weighted by molar-refractivity contribution is 5.97. The molecule has 1 aromatic rings. The SMILES string of the molecule is CCCOC(=O)C(C#N)=Cc1ccc(OC)cc1. The number of nitrogens with zero attached hydrogens (tertiary/aromatic N) is 1. The summed E-state index contributed by atoms with van der Waals surface area (Å²) in [6.45, 7) is 2.22. The van der Waals surface area contributed by atoms with Gasteiger partial charge in [0.15, 0.2) is 0 Å². The zero-order valence-corrected chi connectivity index (χ0v) is 10.5. The molecule has 0 spiro atoms. The van der Waals surface area contributed by atoms with Gasteiger partial charge in [0.2, 0.25) is 0 Å². The van der Waals surface area contributed by atoms with Gasteiger partial charge in [-0.1, -0.05) is 19.1 Å². The van der Waals surface area contributed by atoms with Gasteiger partial charge >= 0.3 is 5.97 Å². The van der Waals surface area contributed by atoms with Gasteiger partial charge < -0.3 is 9.47 Å². The van der Waals surface area contributed by atoms with E-state index in [-0.39, 0.29) is 5.57 Å². The maximum Gasteiger partial charge on any atom is 0.348 e. The largest absolute Gasteiger partial charge is 0.497 e. The molecule has 0 unspecified atom stereocenters. The van der Waals surface area contributed by atoms with Crippen LogP contribution in [-0.4, -0.2) is 19.7 Å². The van der Waals surface area contributed by atoms with Crippen molar-refractivity contribution in [1.82, 2.24) is 0 Å². The van der Waals surface area contributed by atoms with Crippen LogP contribution in [0.25, 0.3) is 6.08 Å². The van der Waals surface area contributed by atoms with Crippen LogP contribution in [0, 0.1) is 11.3 Å². The van der Waals surface area contributed by atoms with Gasteiger partial charge in [0.05, 0.1) is 13.7 Å². The molecule has 0 N–H and O–H groups in total. The van der Waals surface area contributed by atoms with Gasteiger partial charge in [0.25, 0.3) is 0 Å². The Morgan fingerprint density at radius 1 is 1.39 bits per heavy atom. The van der Waals surface area contributed by atoms with E-state index >= 15 is 0 Å². The molecule has 0 bridgehead atoms. The molecule has 0 aromatic heterocycles. The number of hydrogen-bond donors (Lipinski definition) is 0. The second kappa shape index (κ2) is 7.13. The number of nitriles is 1. The lowest BCUT2D eigenvalue weighted by Gasteiger charge is -2.02. The third-order valence-electron chi connectivity index (χ3n) is 2.20. The highest BCUT2D eigenvalue weighted by Gasteiger charge is 2.09. The summed E-state index contributed by atoms with van der Waals surface area (Å²) in [6, 6.07) is 8.90. The maximum atomic E-state index is 11.5. The minimum atomic E-state index is -0.588. The minimum Gasteiger partial charge on any atom is -0.497 e. The maximum absolute atomic E-state index is 11.5. The van der Waals surface area contributed by atoms with Gasteiger partial charge in [-0.2, -0.15) is 5.26 Å². The molecule has 4 heteroatoms. The van der Waals surface area contributed by atoms with Gasteiger partial charge in [-0.15, -0.1) is 0 Å². The number of hydrogen-bond acceptors (Lipinski definition) is 4. The molecule has 0 saturated carbocycles. The molecule has 0 aliphatic heterocycles. The van der Waals surface area contributed by atoms with Crippen molar-refractivity contribution in [3.05, 3.63) is 35.4 Å². The van der Waals surface area contributed by atoms with Gasteiger partial charge in [-0.25, -0.2) is 4.79 Å². The van der Waals surface area contributed by atoms with E-state index in [2.05, 4.69) is 0 Å². The summed E-state index contributed by atoms with van der Waals surface area (Å²) in [6.07, 6.45) is 2.23. The number of carbonyl (C=O) groups is 1. The number of benzene rings is 1. The molecule has 1 aromatic carbocycles. The van der Waals surface area contributed by atoms with Crippen molar-refractivity contribution in [2.24, 2.45) is 0 Å².